The molecule has 0 aliphatic heterocycles. The van der Waals surface area contributed by atoms with Gasteiger partial charge in [-0.3, -0.25) is 9.59 Å². The fourth-order valence-electron chi connectivity index (χ4n) is 3.57. The van der Waals surface area contributed by atoms with E-state index in [0.29, 0.717) is 16.1 Å². The van der Waals surface area contributed by atoms with E-state index < -0.39 is 29.4 Å². The lowest BCUT2D eigenvalue weighted by atomic mass is 9.86. The number of pyridine rings is 1. The van der Waals surface area contributed by atoms with Gasteiger partial charge in [-0.05, 0) is 34.2 Å². The monoisotopic (exact) mass is 497 g/mol. The van der Waals surface area contributed by atoms with Crippen molar-refractivity contribution in [3.63, 3.8) is 0 Å². The van der Waals surface area contributed by atoms with Crippen molar-refractivity contribution < 1.29 is 19.8 Å². The summed E-state index contributed by atoms with van der Waals surface area (Å²) in [5.74, 6) is -1.51. The minimum absolute atomic E-state index is 0.0830. The summed E-state index contributed by atoms with van der Waals surface area (Å²) in [5, 5.41) is 25.0. The number of urea groups is 1. The number of rotatable bonds is 7. The SMILES string of the molecule is CC(C)(C)c1ccc([C@H](CC(=O)O)NC(=O)Nc2c(O)ccn(Cc3ccccc3Cl)c2=O)cc1. The molecule has 3 aromatic rings. The van der Waals surface area contributed by atoms with Crippen LogP contribution in [0.2, 0.25) is 5.02 Å². The van der Waals surface area contributed by atoms with Gasteiger partial charge in [0.25, 0.3) is 5.56 Å². The van der Waals surface area contributed by atoms with Crippen molar-refractivity contribution in [2.75, 3.05) is 5.32 Å². The van der Waals surface area contributed by atoms with Gasteiger partial charge in [-0.2, -0.15) is 0 Å². The number of aromatic hydroxyl groups is 1. The maximum Gasteiger partial charge on any atom is 0.319 e. The number of carbonyl (C=O) groups excluding carboxylic acids is 1. The van der Waals surface area contributed by atoms with E-state index in [-0.39, 0.29) is 24.1 Å². The van der Waals surface area contributed by atoms with Crippen LogP contribution in [0.4, 0.5) is 10.5 Å². The van der Waals surface area contributed by atoms with Crippen LogP contribution in [0.25, 0.3) is 0 Å². The Morgan fingerprint density at radius 1 is 1.06 bits per heavy atom. The van der Waals surface area contributed by atoms with Gasteiger partial charge in [-0.25, -0.2) is 4.79 Å². The summed E-state index contributed by atoms with van der Waals surface area (Å²) >= 11 is 6.18. The molecule has 0 unspecified atom stereocenters. The molecule has 0 fully saturated rings. The Labute approximate surface area is 208 Å². The van der Waals surface area contributed by atoms with E-state index in [1.807, 2.05) is 12.1 Å². The Balaban J connectivity index is 1.81. The van der Waals surface area contributed by atoms with Crippen LogP contribution in [0.3, 0.4) is 0 Å². The standard InChI is InChI=1S/C26H28ClN3O5/c1-26(2,3)18-10-8-16(9-11-18)20(14-22(32)33)28-25(35)29-23-21(31)12-13-30(24(23)34)15-17-6-4-5-7-19(17)27/h4-13,20,31H,14-15H2,1-3H3,(H,32,33)(H2,28,29,35)/t20-/m0/s1. The molecular formula is C26H28ClN3O5. The van der Waals surface area contributed by atoms with Gasteiger partial charge >= 0.3 is 12.0 Å². The topological polar surface area (TPSA) is 121 Å². The molecule has 2 amide bonds. The number of carbonyl (C=O) groups is 2. The Morgan fingerprint density at radius 3 is 2.31 bits per heavy atom. The molecule has 184 valence electrons. The first-order valence-corrected chi connectivity index (χ1v) is 11.4. The zero-order valence-electron chi connectivity index (χ0n) is 19.7. The van der Waals surface area contributed by atoms with Crippen molar-refractivity contribution in [3.05, 3.63) is 92.9 Å². The van der Waals surface area contributed by atoms with Crippen LogP contribution in [0.1, 0.15) is 49.9 Å². The average molecular weight is 498 g/mol. The second kappa shape index (κ2) is 10.7. The molecule has 0 aliphatic rings. The van der Waals surface area contributed by atoms with Crippen LogP contribution in [0, 0.1) is 0 Å². The summed E-state index contributed by atoms with van der Waals surface area (Å²) < 4.78 is 1.30. The van der Waals surface area contributed by atoms with Gasteiger partial charge in [0.05, 0.1) is 19.0 Å². The number of halogens is 1. The number of hydrogen-bond donors (Lipinski definition) is 4. The van der Waals surface area contributed by atoms with E-state index in [0.717, 1.165) is 5.56 Å². The highest BCUT2D eigenvalue weighted by Gasteiger charge is 2.21. The molecule has 0 bridgehead atoms. The Hall–Kier alpha value is -3.78. The molecule has 0 saturated heterocycles. The molecule has 1 aromatic heterocycles. The van der Waals surface area contributed by atoms with E-state index in [1.165, 1.54) is 16.8 Å². The fraction of sp³-hybridized carbons (Fsp3) is 0.269. The average Bonchev–Trinajstić information content (AvgIpc) is 2.78. The smallest absolute Gasteiger partial charge is 0.319 e. The third kappa shape index (κ3) is 6.64. The molecule has 35 heavy (non-hydrogen) atoms. The van der Waals surface area contributed by atoms with Crippen LogP contribution in [0.15, 0.2) is 65.6 Å². The lowest BCUT2D eigenvalue weighted by Crippen LogP contribution is -2.36. The van der Waals surface area contributed by atoms with Gasteiger partial charge < -0.3 is 25.4 Å². The molecule has 1 heterocycles. The molecule has 0 aliphatic carbocycles. The number of anilines is 1. The van der Waals surface area contributed by atoms with Gasteiger partial charge in [-0.15, -0.1) is 0 Å². The van der Waals surface area contributed by atoms with E-state index in [1.54, 1.807) is 36.4 Å². The zero-order chi connectivity index (χ0) is 25.8. The minimum atomic E-state index is -1.10. The van der Waals surface area contributed by atoms with E-state index in [4.69, 9.17) is 11.6 Å². The third-order valence-electron chi connectivity index (χ3n) is 5.54. The number of benzene rings is 2. The number of carboxylic acid groups (broad SMARTS) is 1. The third-order valence-corrected chi connectivity index (χ3v) is 5.91. The summed E-state index contributed by atoms with van der Waals surface area (Å²) in [6.45, 7) is 6.32. The number of nitrogens with one attached hydrogen (secondary N) is 2. The van der Waals surface area contributed by atoms with E-state index >= 15 is 0 Å². The van der Waals surface area contributed by atoms with Crippen LogP contribution in [-0.2, 0) is 16.8 Å². The maximum atomic E-state index is 12.9. The minimum Gasteiger partial charge on any atom is -0.505 e. The number of hydrogen-bond acceptors (Lipinski definition) is 4. The molecule has 4 N–H and O–H groups in total. The molecular weight excluding hydrogens is 470 g/mol. The summed E-state index contributed by atoms with van der Waals surface area (Å²) in [6.07, 6.45) is 1.04. The van der Waals surface area contributed by atoms with Gasteiger partial charge in [0.2, 0.25) is 0 Å². The first-order valence-electron chi connectivity index (χ1n) is 11.0. The van der Waals surface area contributed by atoms with Crippen molar-refractivity contribution >= 4 is 29.3 Å². The van der Waals surface area contributed by atoms with Gasteiger partial charge in [0.1, 0.15) is 5.75 Å². The number of aliphatic carboxylic acids is 1. The van der Waals surface area contributed by atoms with Crippen LogP contribution >= 0.6 is 11.6 Å². The summed E-state index contributed by atoms with van der Waals surface area (Å²) in [7, 11) is 0. The molecule has 1 atom stereocenters. The van der Waals surface area contributed by atoms with Crippen molar-refractivity contribution in [2.45, 2.75) is 45.2 Å². The van der Waals surface area contributed by atoms with Crippen LogP contribution in [-0.4, -0.2) is 26.8 Å². The van der Waals surface area contributed by atoms with Crippen molar-refractivity contribution in [1.82, 2.24) is 9.88 Å². The number of nitrogens with zero attached hydrogens (tertiary/aromatic N) is 1. The zero-order valence-corrected chi connectivity index (χ0v) is 20.5. The molecule has 3 rings (SSSR count). The first-order chi connectivity index (χ1) is 16.5. The number of carboxylic acids is 1. The highest BCUT2D eigenvalue weighted by molar-refractivity contribution is 6.31. The molecule has 8 nitrogen and oxygen atoms in total. The predicted octanol–water partition coefficient (Wildman–Crippen LogP) is 4.89. The lowest BCUT2D eigenvalue weighted by molar-refractivity contribution is -0.137. The molecule has 0 radical (unpaired) electrons. The Kier molecular flexibility index (Phi) is 7.86. The van der Waals surface area contributed by atoms with E-state index in [2.05, 4.69) is 31.4 Å². The number of aromatic nitrogens is 1. The van der Waals surface area contributed by atoms with Gasteiger partial charge in [-0.1, -0.05) is 74.8 Å². The molecule has 0 spiro atoms. The molecule has 2 aromatic carbocycles. The van der Waals surface area contributed by atoms with Crippen molar-refractivity contribution in [2.24, 2.45) is 0 Å². The predicted molar refractivity (Wildman–Crippen MR) is 135 cm³/mol. The Morgan fingerprint density at radius 2 is 1.71 bits per heavy atom. The highest BCUT2D eigenvalue weighted by Crippen LogP contribution is 2.25. The summed E-state index contributed by atoms with van der Waals surface area (Å²) in [4.78, 5) is 37.1. The molecule has 9 heteroatoms. The van der Waals surface area contributed by atoms with Crippen molar-refractivity contribution in [1.29, 1.82) is 0 Å². The largest absolute Gasteiger partial charge is 0.505 e. The fourth-order valence-corrected chi connectivity index (χ4v) is 3.76. The van der Waals surface area contributed by atoms with Crippen LogP contribution in [0.5, 0.6) is 5.75 Å². The molecule has 0 saturated carbocycles. The van der Waals surface area contributed by atoms with Crippen molar-refractivity contribution in [3.8, 4) is 5.75 Å². The first kappa shape index (κ1) is 25.8. The normalized spacial score (nSPS) is 12.1. The van der Waals surface area contributed by atoms with Crippen LogP contribution < -0.4 is 16.2 Å². The Bertz CT molecular complexity index is 1280. The van der Waals surface area contributed by atoms with E-state index in [9.17, 15) is 24.6 Å². The maximum absolute atomic E-state index is 12.9. The quantitative estimate of drug-likeness (QED) is 0.370. The highest BCUT2D eigenvalue weighted by atomic mass is 35.5. The summed E-state index contributed by atoms with van der Waals surface area (Å²) in [5.41, 5.74) is 1.31. The van der Waals surface area contributed by atoms with Gasteiger partial charge in [0, 0.05) is 11.2 Å². The summed E-state index contributed by atoms with van der Waals surface area (Å²) in [6, 6.07) is 14.0. The second-order valence-electron chi connectivity index (χ2n) is 9.22. The van der Waals surface area contributed by atoms with Gasteiger partial charge in [0.15, 0.2) is 5.69 Å². The second-order valence-corrected chi connectivity index (χ2v) is 9.63. The lowest BCUT2D eigenvalue weighted by Gasteiger charge is -2.22. The number of amides is 2.